The lowest BCUT2D eigenvalue weighted by Crippen LogP contribution is -2.04. The van der Waals surface area contributed by atoms with Gasteiger partial charge in [0.2, 0.25) is 0 Å². The number of hydrogen-bond donors (Lipinski definition) is 1. The Bertz CT molecular complexity index is 648. The number of nitrogens with one attached hydrogen (secondary N) is 1. The van der Waals surface area contributed by atoms with Crippen LogP contribution in [-0.2, 0) is 13.6 Å². The van der Waals surface area contributed by atoms with E-state index < -0.39 is 0 Å². The zero-order valence-corrected chi connectivity index (χ0v) is 10.5. The lowest BCUT2D eigenvalue weighted by molar-refractivity contribution is 0.624. The average molecular weight is 241 g/mol. The van der Waals surface area contributed by atoms with Crippen molar-refractivity contribution in [2.75, 3.05) is 7.05 Å². The van der Waals surface area contributed by atoms with E-state index in [0.29, 0.717) is 0 Å². The minimum atomic E-state index is 0.778. The van der Waals surface area contributed by atoms with Crippen molar-refractivity contribution >= 4 is 11.0 Å². The highest BCUT2D eigenvalue weighted by Gasteiger charge is 2.13. The van der Waals surface area contributed by atoms with Gasteiger partial charge in [-0.3, -0.25) is 4.68 Å². The Balaban J connectivity index is 2.13. The Morgan fingerprint density at radius 2 is 2.17 bits per heavy atom. The Morgan fingerprint density at radius 1 is 1.33 bits per heavy atom. The van der Waals surface area contributed by atoms with Crippen molar-refractivity contribution in [3.8, 4) is 11.5 Å². The number of furan rings is 1. The highest BCUT2D eigenvalue weighted by Crippen LogP contribution is 2.28. The molecular formula is C14H15N3O. The third-order valence-electron chi connectivity index (χ3n) is 2.93. The Labute approximate surface area is 105 Å². The molecule has 0 aliphatic rings. The highest BCUT2D eigenvalue weighted by atomic mass is 16.3. The van der Waals surface area contributed by atoms with Crippen LogP contribution in [0.25, 0.3) is 22.4 Å². The molecule has 0 amide bonds. The van der Waals surface area contributed by atoms with Crippen molar-refractivity contribution in [2.45, 2.75) is 6.54 Å². The first-order valence-corrected chi connectivity index (χ1v) is 5.94. The Morgan fingerprint density at radius 3 is 2.94 bits per heavy atom. The number of hydrogen-bond acceptors (Lipinski definition) is 3. The van der Waals surface area contributed by atoms with E-state index in [1.807, 2.05) is 55.3 Å². The van der Waals surface area contributed by atoms with Crippen molar-refractivity contribution in [1.82, 2.24) is 15.1 Å². The summed E-state index contributed by atoms with van der Waals surface area (Å²) in [4.78, 5) is 0. The Kier molecular flexibility index (Phi) is 2.64. The van der Waals surface area contributed by atoms with Crippen LogP contribution in [0.3, 0.4) is 0 Å². The molecule has 2 heterocycles. The molecule has 3 aromatic rings. The second-order valence-electron chi connectivity index (χ2n) is 4.36. The molecule has 0 aliphatic carbocycles. The summed E-state index contributed by atoms with van der Waals surface area (Å²) < 4.78 is 7.67. The molecule has 0 saturated heterocycles. The molecule has 0 atom stereocenters. The predicted octanol–water partition coefficient (Wildman–Crippen LogP) is 2.55. The van der Waals surface area contributed by atoms with Crippen LogP contribution in [0.4, 0.5) is 0 Å². The van der Waals surface area contributed by atoms with Gasteiger partial charge in [-0.1, -0.05) is 18.2 Å². The second kappa shape index (κ2) is 4.31. The maximum Gasteiger partial charge on any atom is 0.156 e. The summed E-state index contributed by atoms with van der Waals surface area (Å²) in [5.41, 5.74) is 2.94. The molecule has 92 valence electrons. The van der Waals surface area contributed by atoms with Gasteiger partial charge in [-0.25, -0.2) is 0 Å². The molecule has 0 spiro atoms. The van der Waals surface area contributed by atoms with Crippen LogP contribution >= 0.6 is 0 Å². The molecule has 1 N–H and O–H groups in total. The van der Waals surface area contributed by atoms with Gasteiger partial charge >= 0.3 is 0 Å². The summed E-state index contributed by atoms with van der Waals surface area (Å²) in [5.74, 6) is 0.821. The minimum Gasteiger partial charge on any atom is -0.454 e. The first kappa shape index (κ1) is 11.0. The smallest absolute Gasteiger partial charge is 0.156 e. The van der Waals surface area contributed by atoms with Crippen LogP contribution in [-0.4, -0.2) is 16.8 Å². The van der Waals surface area contributed by atoms with Crippen LogP contribution in [0.15, 0.2) is 40.9 Å². The number of aromatic nitrogens is 2. The summed E-state index contributed by atoms with van der Waals surface area (Å²) in [6, 6.07) is 10.0. The number of fused-ring (bicyclic) bond motifs is 1. The number of aryl methyl sites for hydroxylation is 1. The standard InChI is InChI=1S/C14H15N3O/c1-15-8-11-9-17(2)16-14(11)13-7-10-5-3-4-6-12(10)18-13/h3-7,9,15H,8H2,1-2H3. The summed E-state index contributed by atoms with van der Waals surface area (Å²) in [6.45, 7) is 0.778. The van der Waals surface area contributed by atoms with Crippen LogP contribution in [0.2, 0.25) is 0 Å². The predicted molar refractivity (Wildman–Crippen MR) is 71.2 cm³/mol. The van der Waals surface area contributed by atoms with Crippen LogP contribution in [0, 0.1) is 0 Å². The van der Waals surface area contributed by atoms with E-state index in [0.717, 1.165) is 34.5 Å². The summed E-state index contributed by atoms with van der Waals surface area (Å²) in [6.07, 6.45) is 2.01. The fourth-order valence-corrected chi connectivity index (χ4v) is 2.16. The van der Waals surface area contributed by atoms with Gasteiger partial charge in [-0.2, -0.15) is 5.10 Å². The molecule has 0 saturated carbocycles. The maximum absolute atomic E-state index is 5.85. The molecule has 0 unspecified atom stereocenters. The van der Waals surface area contributed by atoms with Crippen molar-refractivity contribution in [2.24, 2.45) is 7.05 Å². The second-order valence-corrected chi connectivity index (χ2v) is 4.36. The molecule has 1 aromatic carbocycles. The lowest BCUT2D eigenvalue weighted by atomic mass is 10.2. The SMILES string of the molecule is CNCc1cn(C)nc1-c1cc2ccccc2o1. The van der Waals surface area contributed by atoms with E-state index in [9.17, 15) is 0 Å². The third-order valence-corrected chi connectivity index (χ3v) is 2.93. The van der Waals surface area contributed by atoms with Crippen molar-refractivity contribution < 1.29 is 4.42 Å². The summed E-state index contributed by atoms with van der Waals surface area (Å²) in [7, 11) is 3.85. The highest BCUT2D eigenvalue weighted by molar-refractivity contribution is 5.82. The largest absolute Gasteiger partial charge is 0.454 e. The zero-order valence-electron chi connectivity index (χ0n) is 10.5. The van der Waals surface area contributed by atoms with E-state index >= 15 is 0 Å². The number of benzene rings is 1. The molecule has 3 rings (SSSR count). The van der Waals surface area contributed by atoms with Crippen LogP contribution < -0.4 is 5.32 Å². The Hall–Kier alpha value is -2.07. The molecule has 0 aliphatic heterocycles. The van der Waals surface area contributed by atoms with Crippen LogP contribution in [0.1, 0.15) is 5.56 Å². The van der Waals surface area contributed by atoms with E-state index in [2.05, 4.69) is 10.4 Å². The monoisotopic (exact) mass is 241 g/mol. The van der Waals surface area contributed by atoms with E-state index in [-0.39, 0.29) is 0 Å². The summed E-state index contributed by atoms with van der Waals surface area (Å²) >= 11 is 0. The van der Waals surface area contributed by atoms with Gasteiger partial charge < -0.3 is 9.73 Å². The maximum atomic E-state index is 5.85. The molecule has 0 fully saturated rings. The fraction of sp³-hybridized carbons (Fsp3) is 0.214. The minimum absolute atomic E-state index is 0.778. The lowest BCUT2D eigenvalue weighted by Gasteiger charge is -1.97. The molecule has 4 nitrogen and oxygen atoms in total. The number of para-hydroxylation sites is 1. The van der Waals surface area contributed by atoms with E-state index in [4.69, 9.17) is 4.42 Å². The van der Waals surface area contributed by atoms with Gasteiger partial charge in [0.15, 0.2) is 5.76 Å². The molecule has 0 radical (unpaired) electrons. The van der Waals surface area contributed by atoms with Crippen molar-refractivity contribution in [3.63, 3.8) is 0 Å². The normalized spacial score (nSPS) is 11.2. The fourth-order valence-electron chi connectivity index (χ4n) is 2.16. The van der Waals surface area contributed by atoms with E-state index in [1.54, 1.807) is 0 Å². The first-order chi connectivity index (χ1) is 8.78. The molecule has 2 aromatic heterocycles. The first-order valence-electron chi connectivity index (χ1n) is 5.94. The van der Waals surface area contributed by atoms with Crippen molar-refractivity contribution in [1.29, 1.82) is 0 Å². The topological polar surface area (TPSA) is 43.0 Å². The molecule has 4 heteroatoms. The average Bonchev–Trinajstić information content (AvgIpc) is 2.92. The zero-order chi connectivity index (χ0) is 12.5. The molecule has 0 bridgehead atoms. The van der Waals surface area contributed by atoms with Gasteiger partial charge in [0.25, 0.3) is 0 Å². The number of rotatable bonds is 3. The summed E-state index contributed by atoms with van der Waals surface area (Å²) in [5, 5.41) is 8.73. The van der Waals surface area contributed by atoms with Crippen LogP contribution in [0.5, 0.6) is 0 Å². The number of nitrogens with zero attached hydrogens (tertiary/aromatic N) is 2. The van der Waals surface area contributed by atoms with Gasteiger partial charge in [-0.15, -0.1) is 0 Å². The van der Waals surface area contributed by atoms with Gasteiger partial charge in [0, 0.05) is 30.7 Å². The van der Waals surface area contributed by atoms with E-state index in [1.165, 1.54) is 0 Å². The van der Waals surface area contributed by atoms with Gasteiger partial charge in [-0.05, 0) is 19.2 Å². The van der Waals surface area contributed by atoms with Gasteiger partial charge in [0.05, 0.1) is 0 Å². The van der Waals surface area contributed by atoms with Crippen molar-refractivity contribution in [3.05, 3.63) is 42.1 Å². The molecular weight excluding hydrogens is 226 g/mol. The third kappa shape index (κ3) is 1.80. The quantitative estimate of drug-likeness (QED) is 0.766. The molecule has 18 heavy (non-hydrogen) atoms. The van der Waals surface area contributed by atoms with Gasteiger partial charge in [0.1, 0.15) is 11.3 Å².